The number of aliphatic hydroxyl groups excluding tert-OH is 1. The third kappa shape index (κ3) is 4.47. The molecule has 1 saturated heterocycles. The van der Waals surface area contributed by atoms with E-state index < -0.39 is 0 Å². The number of aliphatic hydroxyl groups is 1. The fourth-order valence-corrected chi connectivity index (χ4v) is 3.88. The Morgan fingerprint density at radius 3 is 2.65 bits per heavy atom. The van der Waals surface area contributed by atoms with Gasteiger partial charge in [0.25, 0.3) is 5.91 Å². The molecule has 4 rings (SSSR count). The van der Waals surface area contributed by atoms with Crippen molar-refractivity contribution in [1.82, 2.24) is 24.7 Å². The Morgan fingerprint density at radius 1 is 1.19 bits per heavy atom. The summed E-state index contributed by atoms with van der Waals surface area (Å²) in [5.74, 6) is 1.19. The normalized spacial score (nSPS) is 14.7. The predicted octanol–water partition coefficient (Wildman–Crippen LogP) is 1.75. The smallest absolute Gasteiger partial charge is 0.259 e. The second-order valence-corrected chi connectivity index (χ2v) is 7.69. The molecule has 164 valence electrons. The van der Waals surface area contributed by atoms with Gasteiger partial charge in [-0.3, -0.25) is 14.4 Å². The standard InChI is InChI=1S/C22H28N6O3/c1-16-19(22(30)28-10-8-27(9-11-28)12-13-29)20(25-31-16)18-15-24-26(2)21(18)23-14-17-6-4-3-5-7-17/h3-7,15,23,29H,8-14H2,1-2H3. The highest BCUT2D eigenvalue weighted by Crippen LogP contribution is 2.32. The summed E-state index contributed by atoms with van der Waals surface area (Å²) in [6.45, 7) is 5.84. The molecule has 3 heterocycles. The van der Waals surface area contributed by atoms with E-state index in [0.29, 0.717) is 43.2 Å². The number of hydrogen-bond donors (Lipinski definition) is 2. The zero-order chi connectivity index (χ0) is 21.8. The van der Waals surface area contributed by atoms with Gasteiger partial charge in [-0.05, 0) is 12.5 Å². The van der Waals surface area contributed by atoms with Crippen molar-refractivity contribution in [3.05, 3.63) is 53.4 Å². The van der Waals surface area contributed by atoms with E-state index in [-0.39, 0.29) is 12.5 Å². The van der Waals surface area contributed by atoms with Crippen molar-refractivity contribution >= 4 is 11.7 Å². The molecule has 1 aliphatic heterocycles. The summed E-state index contributed by atoms with van der Waals surface area (Å²) in [7, 11) is 1.85. The number of β-amino-alcohol motifs (C(OH)–C–C–N with tert-alkyl or cyclic N) is 1. The molecule has 0 aliphatic carbocycles. The van der Waals surface area contributed by atoms with E-state index in [1.54, 1.807) is 17.8 Å². The SMILES string of the molecule is Cc1onc(-c2cnn(C)c2NCc2ccccc2)c1C(=O)N1CCN(CCO)CC1. The van der Waals surface area contributed by atoms with Crippen molar-refractivity contribution < 1.29 is 14.4 Å². The average molecular weight is 425 g/mol. The summed E-state index contributed by atoms with van der Waals surface area (Å²) in [4.78, 5) is 17.3. The average Bonchev–Trinajstić information content (AvgIpc) is 3.35. The number of carbonyl (C=O) groups excluding carboxylic acids is 1. The molecule has 1 aromatic carbocycles. The van der Waals surface area contributed by atoms with E-state index in [2.05, 4.69) is 32.6 Å². The Balaban J connectivity index is 1.56. The van der Waals surface area contributed by atoms with Gasteiger partial charge in [-0.25, -0.2) is 0 Å². The van der Waals surface area contributed by atoms with Crippen molar-refractivity contribution in [3.8, 4) is 11.3 Å². The van der Waals surface area contributed by atoms with Gasteiger partial charge in [-0.15, -0.1) is 0 Å². The van der Waals surface area contributed by atoms with Gasteiger partial charge in [0.05, 0.1) is 18.4 Å². The number of nitrogens with zero attached hydrogens (tertiary/aromatic N) is 5. The predicted molar refractivity (Wildman–Crippen MR) is 117 cm³/mol. The fraction of sp³-hybridized carbons (Fsp3) is 0.409. The first-order valence-corrected chi connectivity index (χ1v) is 10.5. The molecule has 1 aliphatic rings. The van der Waals surface area contributed by atoms with E-state index in [1.807, 2.05) is 30.1 Å². The number of nitrogens with one attached hydrogen (secondary N) is 1. The number of hydrogen-bond acceptors (Lipinski definition) is 7. The zero-order valence-electron chi connectivity index (χ0n) is 17.9. The van der Waals surface area contributed by atoms with E-state index in [9.17, 15) is 4.79 Å². The Bertz CT molecular complexity index is 1020. The summed E-state index contributed by atoms with van der Waals surface area (Å²) < 4.78 is 7.18. The lowest BCUT2D eigenvalue weighted by Crippen LogP contribution is -2.49. The second kappa shape index (κ2) is 9.32. The van der Waals surface area contributed by atoms with Crippen LogP contribution in [0.3, 0.4) is 0 Å². The first-order chi connectivity index (χ1) is 15.1. The molecule has 0 atom stereocenters. The molecule has 3 aromatic rings. The number of carbonyl (C=O) groups is 1. The molecule has 0 spiro atoms. The molecule has 9 heteroatoms. The number of aromatic nitrogens is 3. The largest absolute Gasteiger partial charge is 0.395 e. The van der Waals surface area contributed by atoms with Crippen LogP contribution in [0.1, 0.15) is 21.7 Å². The van der Waals surface area contributed by atoms with Crippen molar-refractivity contribution in [2.24, 2.45) is 7.05 Å². The topological polar surface area (TPSA) is 99.7 Å². The minimum absolute atomic E-state index is 0.0877. The van der Waals surface area contributed by atoms with Crippen LogP contribution < -0.4 is 5.32 Å². The molecule has 31 heavy (non-hydrogen) atoms. The number of rotatable bonds is 7. The van der Waals surface area contributed by atoms with Crippen LogP contribution in [-0.4, -0.2) is 75.1 Å². The Morgan fingerprint density at radius 2 is 1.94 bits per heavy atom. The van der Waals surface area contributed by atoms with E-state index in [0.717, 1.165) is 30.0 Å². The lowest BCUT2D eigenvalue weighted by atomic mass is 10.1. The van der Waals surface area contributed by atoms with Crippen molar-refractivity contribution in [2.75, 3.05) is 44.6 Å². The lowest BCUT2D eigenvalue weighted by Gasteiger charge is -2.34. The quantitative estimate of drug-likeness (QED) is 0.596. The van der Waals surface area contributed by atoms with Gasteiger partial charge in [-0.2, -0.15) is 5.10 Å². The van der Waals surface area contributed by atoms with Crippen molar-refractivity contribution in [3.63, 3.8) is 0 Å². The highest BCUT2D eigenvalue weighted by Gasteiger charge is 2.30. The maximum Gasteiger partial charge on any atom is 0.259 e. The maximum absolute atomic E-state index is 13.3. The summed E-state index contributed by atoms with van der Waals surface area (Å²) in [6, 6.07) is 10.1. The van der Waals surface area contributed by atoms with Crippen LogP contribution in [0, 0.1) is 6.92 Å². The summed E-state index contributed by atoms with van der Waals surface area (Å²) in [6.07, 6.45) is 1.71. The number of amides is 1. The number of aryl methyl sites for hydroxylation is 2. The first-order valence-electron chi connectivity index (χ1n) is 10.5. The van der Waals surface area contributed by atoms with E-state index in [4.69, 9.17) is 9.63 Å². The van der Waals surface area contributed by atoms with Crippen LogP contribution in [0.5, 0.6) is 0 Å². The fourth-order valence-electron chi connectivity index (χ4n) is 3.88. The molecule has 2 N–H and O–H groups in total. The third-order valence-corrected chi connectivity index (χ3v) is 5.65. The molecular weight excluding hydrogens is 396 g/mol. The van der Waals surface area contributed by atoms with Gasteiger partial charge in [0.1, 0.15) is 22.8 Å². The summed E-state index contributed by atoms with van der Waals surface area (Å²) in [5.41, 5.74) is 2.86. The van der Waals surface area contributed by atoms with Gasteiger partial charge in [-0.1, -0.05) is 35.5 Å². The molecule has 0 saturated carbocycles. The molecule has 0 bridgehead atoms. The Hall–Kier alpha value is -3.17. The first kappa shape index (κ1) is 21.1. The minimum Gasteiger partial charge on any atom is -0.395 e. The molecule has 9 nitrogen and oxygen atoms in total. The van der Waals surface area contributed by atoms with E-state index in [1.165, 1.54) is 0 Å². The highest BCUT2D eigenvalue weighted by molar-refractivity contribution is 6.01. The van der Waals surface area contributed by atoms with Crippen LogP contribution in [0.4, 0.5) is 5.82 Å². The van der Waals surface area contributed by atoms with Gasteiger partial charge in [0.2, 0.25) is 0 Å². The number of anilines is 1. The van der Waals surface area contributed by atoms with E-state index >= 15 is 0 Å². The molecule has 2 aromatic heterocycles. The van der Waals surface area contributed by atoms with Gasteiger partial charge in [0.15, 0.2) is 0 Å². The van der Waals surface area contributed by atoms with Gasteiger partial charge in [0, 0.05) is 46.3 Å². The van der Waals surface area contributed by atoms with Crippen LogP contribution >= 0.6 is 0 Å². The van der Waals surface area contributed by atoms with Gasteiger partial charge < -0.3 is 19.8 Å². The third-order valence-electron chi connectivity index (χ3n) is 5.65. The summed E-state index contributed by atoms with van der Waals surface area (Å²) in [5, 5.41) is 21.1. The molecule has 1 amide bonds. The van der Waals surface area contributed by atoms with Crippen LogP contribution in [0.15, 0.2) is 41.1 Å². The van der Waals surface area contributed by atoms with Crippen LogP contribution in [0.2, 0.25) is 0 Å². The van der Waals surface area contributed by atoms with Gasteiger partial charge >= 0.3 is 0 Å². The lowest BCUT2D eigenvalue weighted by molar-refractivity contribution is 0.0614. The number of piperazine rings is 1. The molecular formula is C22H28N6O3. The van der Waals surface area contributed by atoms with Crippen LogP contribution in [-0.2, 0) is 13.6 Å². The maximum atomic E-state index is 13.3. The molecule has 0 unspecified atom stereocenters. The van der Waals surface area contributed by atoms with Crippen LogP contribution in [0.25, 0.3) is 11.3 Å². The zero-order valence-corrected chi connectivity index (χ0v) is 17.9. The highest BCUT2D eigenvalue weighted by atomic mass is 16.5. The Kier molecular flexibility index (Phi) is 6.34. The van der Waals surface area contributed by atoms with Crippen molar-refractivity contribution in [1.29, 1.82) is 0 Å². The minimum atomic E-state index is -0.0877. The molecule has 1 fully saturated rings. The number of benzene rings is 1. The molecule has 0 radical (unpaired) electrons. The Labute approximate surface area is 181 Å². The van der Waals surface area contributed by atoms with Crippen molar-refractivity contribution in [2.45, 2.75) is 13.5 Å². The monoisotopic (exact) mass is 424 g/mol. The second-order valence-electron chi connectivity index (χ2n) is 7.69. The summed E-state index contributed by atoms with van der Waals surface area (Å²) >= 11 is 0.